The first-order chi connectivity index (χ1) is 22.7. The van der Waals surface area contributed by atoms with Gasteiger partial charge in [0, 0.05) is 17.8 Å². The van der Waals surface area contributed by atoms with Crippen LogP contribution in [0.25, 0.3) is 0 Å². The number of ether oxygens (including phenoxy) is 8. The average Bonchev–Trinajstić information content (AvgIpc) is 3.08. The van der Waals surface area contributed by atoms with E-state index in [1.165, 1.54) is 6.08 Å². The minimum Gasteiger partial charge on any atom is -0.394 e. The molecule has 4 rings (SSSR count). The summed E-state index contributed by atoms with van der Waals surface area (Å²) >= 11 is 0. The highest BCUT2D eigenvalue weighted by Gasteiger charge is 2.49. The van der Waals surface area contributed by atoms with Gasteiger partial charge in [-0.1, -0.05) is 26.8 Å². The zero-order valence-corrected chi connectivity index (χ0v) is 27.2. The maximum absolute atomic E-state index is 10.7. The lowest BCUT2D eigenvalue weighted by Crippen LogP contribution is -2.64. The van der Waals surface area contributed by atoms with E-state index >= 15 is 0 Å². The predicted molar refractivity (Wildman–Crippen MR) is 159 cm³/mol. The van der Waals surface area contributed by atoms with Crippen LogP contribution in [0.5, 0.6) is 0 Å². The number of hydrogen-bond acceptors (Lipinski definition) is 18. The fraction of sp³-hybridized carbons (Fsp3) is 0.933. The van der Waals surface area contributed by atoms with E-state index in [1.807, 2.05) is 0 Å². The maximum atomic E-state index is 10.7. The molecule has 0 spiro atoms. The number of aliphatic hydroxyl groups excluding tert-OH is 9. The Hall–Kier alpha value is -0.980. The third-order valence-corrected chi connectivity index (χ3v) is 9.60. The molecule has 0 amide bonds. The summed E-state index contributed by atoms with van der Waals surface area (Å²) in [5.74, 6) is -2.03. The Morgan fingerprint density at radius 2 is 0.854 bits per heavy atom. The smallest absolute Gasteiger partial charge is 0.175 e. The van der Waals surface area contributed by atoms with Crippen molar-refractivity contribution < 1.29 is 83.9 Å². The van der Waals surface area contributed by atoms with E-state index in [9.17, 15) is 46.0 Å². The first-order valence-electron chi connectivity index (χ1n) is 16.2. The van der Waals surface area contributed by atoms with Crippen LogP contribution in [-0.2, 0) is 37.9 Å². The van der Waals surface area contributed by atoms with Crippen molar-refractivity contribution in [2.24, 2.45) is 23.5 Å². The molecule has 0 radical (unpaired) electrons. The largest absolute Gasteiger partial charge is 0.394 e. The third-order valence-electron chi connectivity index (χ3n) is 9.60. The molecular weight excluding hydrogens is 646 g/mol. The zero-order valence-electron chi connectivity index (χ0n) is 27.2. The third kappa shape index (κ3) is 8.72. The molecule has 0 aliphatic carbocycles. The van der Waals surface area contributed by atoms with Crippen LogP contribution < -0.4 is 5.73 Å². The van der Waals surface area contributed by atoms with Crippen molar-refractivity contribution in [3.63, 3.8) is 0 Å². The molecule has 9 unspecified atom stereocenters. The van der Waals surface area contributed by atoms with E-state index in [-0.39, 0.29) is 26.4 Å². The summed E-state index contributed by atoms with van der Waals surface area (Å²) in [4.78, 5) is 0. The quantitative estimate of drug-likeness (QED) is 0.0808. The number of nitrogens with two attached hydrogens (primary N) is 1. The summed E-state index contributed by atoms with van der Waals surface area (Å²) in [5.41, 5.74) is 6.08. The van der Waals surface area contributed by atoms with Gasteiger partial charge in [0.15, 0.2) is 25.2 Å². The lowest BCUT2D eigenvalue weighted by molar-refractivity contribution is -0.328. The van der Waals surface area contributed by atoms with Gasteiger partial charge in [-0.2, -0.15) is 0 Å². The van der Waals surface area contributed by atoms with Crippen LogP contribution in [0.3, 0.4) is 0 Å². The molecule has 4 aliphatic heterocycles. The van der Waals surface area contributed by atoms with Gasteiger partial charge >= 0.3 is 0 Å². The van der Waals surface area contributed by atoms with Gasteiger partial charge in [-0.25, -0.2) is 0 Å². The SMILES string of the molecule is C=CCOC1OC(CO[C@@H]2OC(CO[C@@H]3OC(CO[C@@H]4OC(CO)[C@@H](O)C(O)[C@@H]4C)[C@@H](O)C(O)[C@@H]3C)[C@@H](O)C(O)[C@@H]2N)[C@@H](O)[C@H](O)C1C. The monoisotopic (exact) mass is 699 g/mol. The topological polar surface area (TPSA) is 282 Å². The second kappa shape index (κ2) is 17.5. The fourth-order valence-corrected chi connectivity index (χ4v) is 6.18. The minimum absolute atomic E-state index is 0.148. The van der Waals surface area contributed by atoms with Crippen LogP contribution in [0, 0.1) is 17.8 Å². The standard InChI is InChI=1S/C30H53NO17/c1-5-6-41-27-11(2)20(34)24(38)16(46-27)10-44-30-18(31)26(40)25(39)17(48-30)9-43-29-13(4)21(35)23(37)15(47-29)8-42-28-12(3)19(33)22(36)14(7-32)45-28/h5,11-30,32-40H,1,6-10,31H2,2-4H3/t11?,12-,13-,14?,15?,16?,17?,18-,19?,20+,21?,22+,23+,24+,25+,26?,27?,28+,29+,30+/m0/s1. The summed E-state index contributed by atoms with van der Waals surface area (Å²) in [7, 11) is 0. The average molecular weight is 700 g/mol. The highest BCUT2D eigenvalue weighted by atomic mass is 16.7. The first-order valence-corrected chi connectivity index (χ1v) is 16.2. The first kappa shape index (κ1) is 39.8. The Balaban J connectivity index is 1.33. The Kier molecular flexibility index (Phi) is 14.5. The van der Waals surface area contributed by atoms with E-state index in [0.29, 0.717) is 0 Å². The lowest BCUT2D eigenvalue weighted by Gasteiger charge is -2.45. The van der Waals surface area contributed by atoms with E-state index in [1.54, 1.807) is 20.8 Å². The Labute approximate surface area is 278 Å². The van der Waals surface area contributed by atoms with Gasteiger partial charge in [-0.05, 0) is 0 Å². The van der Waals surface area contributed by atoms with Crippen molar-refractivity contribution in [1.82, 2.24) is 0 Å². The van der Waals surface area contributed by atoms with Crippen molar-refractivity contribution in [3.8, 4) is 0 Å². The molecule has 0 aromatic heterocycles. The summed E-state index contributed by atoms with van der Waals surface area (Å²) in [6.07, 6.45) is -18.2. The molecule has 18 nitrogen and oxygen atoms in total. The number of aliphatic hydroxyl groups is 9. The molecule has 0 bridgehead atoms. The molecular formula is C30H53NO17. The Morgan fingerprint density at radius 3 is 1.27 bits per heavy atom. The normalized spacial score (nSPS) is 50.3. The van der Waals surface area contributed by atoms with Crippen LogP contribution in [0.2, 0.25) is 0 Å². The van der Waals surface area contributed by atoms with E-state index < -0.39 is 129 Å². The highest BCUT2D eigenvalue weighted by Crippen LogP contribution is 2.32. The van der Waals surface area contributed by atoms with E-state index in [0.717, 1.165) is 0 Å². The van der Waals surface area contributed by atoms with Crippen LogP contribution in [0.1, 0.15) is 20.8 Å². The second-order valence-corrected chi connectivity index (χ2v) is 13.1. The van der Waals surface area contributed by atoms with Crippen molar-refractivity contribution >= 4 is 0 Å². The van der Waals surface area contributed by atoms with Crippen molar-refractivity contribution in [2.75, 3.05) is 33.0 Å². The molecule has 48 heavy (non-hydrogen) atoms. The minimum atomic E-state index is -1.52. The molecule has 0 saturated carbocycles. The number of hydrogen-bond donors (Lipinski definition) is 10. The number of rotatable bonds is 13. The molecule has 4 aliphatic rings. The van der Waals surface area contributed by atoms with Crippen LogP contribution in [-0.4, -0.2) is 183 Å². The van der Waals surface area contributed by atoms with Crippen LogP contribution >= 0.6 is 0 Å². The predicted octanol–water partition coefficient (Wildman–Crippen LogP) is -4.75. The molecule has 11 N–H and O–H groups in total. The van der Waals surface area contributed by atoms with Crippen molar-refractivity contribution in [2.45, 2.75) is 125 Å². The molecule has 0 aromatic carbocycles. The molecule has 4 heterocycles. The van der Waals surface area contributed by atoms with Gasteiger partial charge < -0.3 is 89.6 Å². The molecule has 18 heteroatoms. The summed E-state index contributed by atoms with van der Waals surface area (Å²) in [6, 6.07) is -1.22. The van der Waals surface area contributed by atoms with Crippen LogP contribution in [0.4, 0.5) is 0 Å². The maximum Gasteiger partial charge on any atom is 0.175 e. The van der Waals surface area contributed by atoms with Gasteiger partial charge in [-0.15, -0.1) is 6.58 Å². The van der Waals surface area contributed by atoms with Gasteiger partial charge in [0.25, 0.3) is 0 Å². The summed E-state index contributed by atoms with van der Waals surface area (Å²) in [5, 5.41) is 93.7. The summed E-state index contributed by atoms with van der Waals surface area (Å²) in [6.45, 7) is 6.94. The molecule has 4 saturated heterocycles. The Morgan fingerprint density at radius 1 is 0.521 bits per heavy atom. The molecule has 0 aromatic rings. The lowest BCUT2D eigenvalue weighted by atomic mass is 9.91. The van der Waals surface area contributed by atoms with Crippen LogP contribution in [0.15, 0.2) is 12.7 Å². The molecule has 4 fully saturated rings. The van der Waals surface area contributed by atoms with Gasteiger partial charge in [0.2, 0.25) is 0 Å². The second-order valence-electron chi connectivity index (χ2n) is 13.1. The van der Waals surface area contributed by atoms with Gasteiger partial charge in [-0.3, -0.25) is 0 Å². The Bertz CT molecular complexity index is 997. The van der Waals surface area contributed by atoms with E-state index in [4.69, 9.17) is 43.6 Å². The van der Waals surface area contributed by atoms with Crippen molar-refractivity contribution in [3.05, 3.63) is 12.7 Å². The highest BCUT2D eigenvalue weighted by molar-refractivity contribution is 4.94. The fourth-order valence-electron chi connectivity index (χ4n) is 6.18. The van der Waals surface area contributed by atoms with Crippen molar-refractivity contribution in [1.29, 1.82) is 0 Å². The molecule has 20 atom stereocenters. The van der Waals surface area contributed by atoms with Gasteiger partial charge in [0.05, 0.1) is 57.4 Å². The van der Waals surface area contributed by atoms with Gasteiger partial charge in [0.1, 0.15) is 54.9 Å². The van der Waals surface area contributed by atoms with E-state index in [2.05, 4.69) is 6.58 Å². The molecule has 280 valence electrons. The zero-order chi connectivity index (χ0) is 35.4. The summed E-state index contributed by atoms with van der Waals surface area (Å²) < 4.78 is 45.9.